The molecule has 1 amide bonds. The van der Waals surface area contributed by atoms with Crippen molar-refractivity contribution in [2.45, 2.75) is 63.2 Å². The van der Waals surface area contributed by atoms with E-state index in [2.05, 4.69) is 17.0 Å². The summed E-state index contributed by atoms with van der Waals surface area (Å²) in [6.45, 7) is 4.82. The summed E-state index contributed by atoms with van der Waals surface area (Å²) in [5, 5.41) is 2.80. The Morgan fingerprint density at radius 3 is 2.58 bits per heavy atom. The van der Waals surface area contributed by atoms with Crippen molar-refractivity contribution in [2.75, 3.05) is 26.2 Å². The van der Waals surface area contributed by atoms with Crippen molar-refractivity contribution in [3.05, 3.63) is 0 Å². The Balaban J connectivity index is 1.61. The highest BCUT2D eigenvalue weighted by molar-refractivity contribution is 7.90. The van der Waals surface area contributed by atoms with E-state index in [9.17, 15) is 13.2 Å². The van der Waals surface area contributed by atoms with Crippen molar-refractivity contribution in [3.63, 3.8) is 0 Å². The lowest BCUT2D eigenvalue weighted by Gasteiger charge is -2.36. The lowest BCUT2D eigenvalue weighted by Crippen LogP contribution is -2.55. The molecule has 3 aliphatic rings. The zero-order chi connectivity index (χ0) is 17.2. The molecule has 2 N–H and O–H groups in total. The fraction of sp³-hybridized carbons (Fsp3) is 0.941. The summed E-state index contributed by atoms with van der Waals surface area (Å²) in [4.78, 5) is 14.4. The zero-order valence-electron chi connectivity index (χ0n) is 14.7. The first-order valence-corrected chi connectivity index (χ1v) is 11.0. The van der Waals surface area contributed by atoms with Gasteiger partial charge in [0.25, 0.3) is 0 Å². The maximum Gasteiger partial charge on any atom is 0.225 e. The fourth-order valence-corrected chi connectivity index (χ4v) is 6.06. The summed E-state index contributed by atoms with van der Waals surface area (Å²) in [5.74, 6) is 0.655. The van der Waals surface area contributed by atoms with Crippen LogP contribution in [0.1, 0.15) is 51.9 Å². The molecule has 0 aromatic heterocycles. The van der Waals surface area contributed by atoms with Crippen LogP contribution < -0.4 is 10.0 Å². The van der Waals surface area contributed by atoms with Gasteiger partial charge in [-0.15, -0.1) is 0 Å². The summed E-state index contributed by atoms with van der Waals surface area (Å²) in [5.41, 5.74) is 0. The first-order valence-electron chi connectivity index (χ1n) is 9.48. The van der Waals surface area contributed by atoms with Gasteiger partial charge in [0, 0.05) is 31.6 Å². The third kappa shape index (κ3) is 4.11. The van der Waals surface area contributed by atoms with Crippen LogP contribution in [0.4, 0.5) is 0 Å². The molecule has 3 unspecified atom stereocenters. The summed E-state index contributed by atoms with van der Waals surface area (Å²) < 4.78 is 28.5. The Labute approximate surface area is 145 Å². The molecular formula is C17H31N3O3S. The van der Waals surface area contributed by atoms with Gasteiger partial charge in [0.05, 0.1) is 5.25 Å². The SMILES string of the molecule is CC1CCNCC1NS(=O)(=O)C1CCCN(C(=O)C2CCCC2)C1. The second-order valence-electron chi connectivity index (χ2n) is 7.77. The van der Waals surface area contributed by atoms with Gasteiger partial charge in [0.2, 0.25) is 15.9 Å². The number of hydrogen-bond acceptors (Lipinski definition) is 4. The van der Waals surface area contributed by atoms with Gasteiger partial charge in [-0.2, -0.15) is 0 Å². The molecule has 2 heterocycles. The second kappa shape index (κ2) is 7.70. The number of amides is 1. The van der Waals surface area contributed by atoms with Crippen LogP contribution in [0.2, 0.25) is 0 Å². The van der Waals surface area contributed by atoms with Gasteiger partial charge in [-0.05, 0) is 44.6 Å². The van der Waals surface area contributed by atoms with Gasteiger partial charge in [0.1, 0.15) is 0 Å². The van der Waals surface area contributed by atoms with Crippen LogP contribution in [0.5, 0.6) is 0 Å². The Bertz CT molecular complexity index is 545. The number of nitrogens with one attached hydrogen (secondary N) is 2. The van der Waals surface area contributed by atoms with E-state index in [0.717, 1.165) is 45.1 Å². The molecule has 3 rings (SSSR count). The third-order valence-electron chi connectivity index (χ3n) is 5.98. The molecule has 6 nitrogen and oxygen atoms in total. The summed E-state index contributed by atoms with van der Waals surface area (Å²) >= 11 is 0. The van der Waals surface area contributed by atoms with Crippen molar-refractivity contribution in [3.8, 4) is 0 Å². The van der Waals surface area contributed by atoms with Crippen molar-refractivity contribution < 1.29 is 13.2 Å². The van der Waals surface area contributed by atoms with Gasteiger partial charge in [-0.25, -0.2) is 13.1 Å². The molecule has 1 saturated carbocycles. The Hall–Kier alpha value is -0.660. The van der Waals surface area contributed by atoms with Crippen molar-refractivity contribution in [1.82, 2.24) is 14.9 Å². The largest absolute Gasteiger partial charge is 0.341 e. The van der Waals surface area contributed by atoms with E-state index in [1.807, 2.05) is 4.90 Å². The molecule has 0 aromatic carbocycles. The molecule has 0 aromatic rings. The van der Waals surface area contributed by atoms with Gasteiger partial charge in [-0.1, -0.05) is 19.8 Å². The molecule has 7 heteroatoms. The maximum atomic E-state index is 12.8. The lowest BCUT2D eigenvalue weighted by atomic mass is 9.96. The quantitative estimate of drug-likeness (QED) is 0.789. The minimum absolute atomic E-state index is 0.0374. The number of nitrogens with zero attached hydrogens (tertiary/aromatic N) is 1. The molecule has 0 bridgehead atoms. The van der Waals surface area contributed by atoms with Crippen molar-refractivity contribution >= 4 is 15.9 Å². The molecular weight excluding hydrogens is 326 g/mol. The molecule has 24 heavy (non-hydrogen) atoms. The van der Waals surface area contributed by atoms with Crippen LogP contribution >= 0.6 is 0 Å². The maximum absolute atomic E-state index is 12.8. The Morgan fingerprint density at radius 1 is 1.12 bits per heavy atom. The first-order chi connectivity index (χ1) is 11.5. The van der Waals surface area contributed by atoms with Crippen molar-refractivity contribution in [1.29, 1.82) is 0 Å². The van der Waals surface area contributed by atoms with E-state index < -0.39 is 15.3 Å². The van der Waals surface area contributed by atoms with Crippen LogP contribution in [0.3, 0.4) is 0 Å². The van der Waals surface area contributed by atoms with E-state index in [-0.39, 0.29) is 17.9 Å². The van der Waals surface area contributed by atoms with E-state index >= 15 is 0 Å². The number of rotatable bonds is 4. The smallest absolute Gasteiger partial charge is 0.225 e. The fourth-order valence-electron chi connectivity index (χ4n) is 4.28. The number of likely N-dealkylation sites (tertiary alicyclic amines) is 1. The molecule has 3 atom stereocenters. The molecule has 3 fully saturated rings. The Morgan fingerprint density at radius 2 is 1.88 bits per heavy atom. The predicted octanol–water partition coefficient (Wildman–Crippen LogP) is 1.09. The van der Waals surface area contributed by atoms with E-state index in [4.69, 9.17) is 0 Å². The lowest BCUT2D eigenvalue weighted by molar-refractivity contribution is -0.136. The first kappa shape index (κ1) is 18.1. The summed E-state index contributed by atoms with van der Waals surface area (Å²) in [6, 6.07) is -0.0374. The molecule has 2 aliphatic heterocycles. The molecule has 0 radical (unpaired) electrons. The zero-order valence-corrected chi connectivity index (χ0v) is 15.5. The average molecular weight is 358 g/mol. The van der Waals surface area contributed by atoms with Gasteiger partial charge < -0.3 is 10.2 Å². The van der Waals surface area contributed by atoms with E-state index in [1.165, 1.54) is 0 Å². The van der Waals surface area contributed by atoms with Crippen LogP contribution in [0.25, 0.3) is 0 Å². The van der Waals surface area contributed by atoms with Crippen LogP contribution in [0.15, 0.2) is 0 Å². The topological polar surface area (TPSA) is 78.5 Å². The minimum Gasteiger partial charge on any atom is -0.341 e. The standard InChI is InChI=1S/C17H31N3O3S/c1-13-8-9-18-11-16(13)19-24(22,23)15-7-4-10-20(12-15)17(21)14-5-2-3-6-14/h13-16,18-19H,2-12H2,1H3. The van der Waals surface area contributed by atoms with E-state index in [0.29, 0.717) is 32.0 Å². The summed E-state index contributed by atoms with van der Waals surface area (Å²) in [7, 11) is -3.39. The number of carbonyl (C=O) groups excluding carboxylic acids is 1. The monoisotopic (exact) mass is 357 g/mol. The Kier molecular flexibility index (Phi) is 5.82. The minimum atomic E-state index is -3.39. The second-order valence-corrected chi connectivity index (χ2v) is 9.76. The van der Waals surface area contributed by atoms with Crippen LogP contribution in [-0.2, 0) is 14.8 Å². The highest BCUT2D eigenvalue weighted by atomic mass is 32.2. The predicted molar refractivity (Wildman–Crippen MR) is 94.1 cm³/mol. The molecule has 1 aliphatic carbocycles. The normalized spacial score (nSPS) is 32.9. The van der Waals surface area contributed by atoms with E-state index in [1.54, 1.807) is 0 Å². The van der Waals surface area contributed by atoms with Crippen LogP contribution in [-0.4, -0.2) is 56.7 Å². The molecule has 138 valence electrons. The highest BCUT2D eigenvalue weighted by Crippen LogP contribution is 2.28. The van der Waals surface area contributed by atoms with Gasteiger partial charge in [-0.3, -0.25) is 4.79 Å². The molecule has 2 saturated heterocycles. The number of piperidine rings is 2. The summed E-state index contributed by atoms with van der Waals surface area (Å²) in [6.07, 6.45) is 6.61. The number of sulfonamides is 1. The number of carbonyl (C=O) groups is 1. The highest BCUT2D eigenvalue weighted by Gasteiger charge is 2.37. The van der Waals surface area contributed by atoms with Crippen LogP contribution in [0, 0.1) is 11.8 Å². The van der Waals surface area contributed by atoms with Crippen molar-refractivity contribution in [2.24, 2.45) is 11.8 Å². The van der Waals surface area contributed by atoms with Gasteiger partial charge in [0.15, 0.2) is 0 Å². The number of hydrogen-bond donors (Lipinski definition) is 2. The third-order valence-corrected chi connectivity index (χ3v) is 7.87. The average Bonchev–Trinajstić information content (AvgIpc) is 3.11. The van der Waals surface area contributed by atoms with Gasteiger partial charge >= 0.3 is 0 Å². The molecule has 0 spiro atoms.